The van der Waals surface area contributed by atoms with Gasteiger partial charge in [0.1, 0.15) is 0 Å². The molecule has 0 atom stereocenters. The third-order valence-corrected chi connectivity index (χ3v) is 7.12. The monoisotopic (exact) mass is 485 g/mol. The molecule has 7 rings (SSSR count). The summed E-state index contributed by atoms with van der Waals surface area (Å²) in [5.41, 5.74) is 9.10. The van der Waals surface area contributed by atoms with Crippen LogP contribution in [0.15, 0.2) is 140 Å². The molecule has 4 aromatic carbocycles. The Labute approximate surface area is 221 Å². The molecule has 0 fully saturated rings. The van der Waals surface area contributed by atoms with E-state index in [0.717, 1.165) is 27.9 Å². The summed E-state index contributed by atoms with van der Waals surface area (Å²) in [5.74, 6) is 0. The summed E-state index contributed by atoms with van der Waals surface area (Å²) in [6.07, 6.45) is 9.23. The summed E-state index contributed by atoms with van der Waals surface area (Å²) in [6, 6.07) is 38.6. The molecule has 0 bridgehead atoms. The highest BCUT2D eigenvalue weighted by atomic mass is 14.7. The Bertz CT molecular complexity index is 1840. The smallest absolute Gasteiger partial charge is 0.0709 e. The van der Waals surface area contributed by atoms with Gasteiger partial charge in [0.2, 0.25) is 0 Å². The van der Waals surface area contributed by atoms with E-state index in [-0.39, 0.29) is 0 Å². The van der Waals surface area contributed by atoms with Gasteiger partial charge in [-0.25, -0.2) is 0 Å². The molecular weight excluding hydrogens is 462 g/mol. The molecular formula is C35H23N3. The van der Waals surface area contributed by atoms with E-state index in [1.165, 1.54) is 38.2 Å². The lowest BCUT2D eigenvalue weighted by molar-refractivity contribution is 1.29. The first-order chi connectivity index (χ1) is 18.9. The van der Waals surface area contributed by atoms with Crippen LogP contribution in [0.25, 0.3) is 66.2 Å². The highest BCUT2D eigenvalue weighted by molar-refractivity contribution is 6.21. The Hall–Kier alpha value is -5.15. The molecule has 0 saturated heterocycles. The van der Waals surface area contributed by atoms with Crippen molar-refractivity contribution >= 4 is 21.5 Å². The number of hydrogen-bond donors (Lipinski definition) is 0. The third-order valence-electron chi connectivity index (χ3n) is 7.12. The molecule has 0 spiro atoms. The third kappa shape index (κ3) is 3.82. The predicted molar refractivity (Wildman–Crippen MR) is 157 cm³/mol. The molecule has 0 saturated carbocycles. The summed E-state index contributed by atoms with van der Waals surface area (Å²) in [4.78, 5) is 13.1. The zero-order valence-electron chi connectivity index (χ0n) is 20.6. The van der Waals surface area contributed by atoms with Gasteiger partial charge in [-0.2, -0.15) is 0 Å². The lowest BCUT2D eigenvalue weighted by Gasteiger charge is -2.18. The number of nitrogens with zero attached hydrogens (tertiary/aromatic N) is 3. The number of benzene rings is 4. The number of fused-ring (bicyclic) bond motifs is 2. The van der Waals surface area contributed by atoms with Crippen LogP contribution in [-0.4, -0.2) is 15.0 Å². The van der Waals surface area contributed by atoms with Crippen LogP contribution in [0.5, 0.6) is 0 Å². The van der Waals surface area contributed by atoms with E-state index in [4.69, 9.17) is 0 Å². The lowest BCUT2D eigenvalue weighted by Crippen LogP contribution is -1.92. The zero-order chi connectivity index (χ0) is 25.3. The van der Waals surface area contributed by atoms with E-state index in [1.807, 2.05) is 43.0 Å². The van der Waals surface area contributed by atoms with Gasteiger partial charge in [-0.3, -0.25) is 15.0 Å². The molecule has 0 aliphatic heterocycles. The van der Waals surface area contributed by atoms with Gasteiger partial charge >= 0.3 is 0 Å². The van der Waals surface area contributed by atoms with Crippen LogP contribution < -0.4 is 0 Å². The van der Waals surface area contributed by atoms with E-state index >= 15 is 0 Å². The van der Waals surface area contributed by atoms with Gasteiger partial charge in [-0.05, 0) is 85.3 Å². The van der Waals surface area contributed by atoms with Gasteiger partial charge in [-0.1, -0.05) is 78.9 Å². The van der Waals surface area contributed by atoms with Crippen LogP contribution in [0.1, 0.15) is 0 Å². The lowest BCUT2D eigenvalue weighted by atomic mass is 9.85. The number of hydrogen-bond acceptors (Lipinski definition) is 3. The van der Waals surface area contributed by atoms with Crippen molar-refractivity contribution in [2.24, 2.45) is 0 Å². The first-order valence-electron chi connectivity index (χ1n) is 12.7. The van der Waals surface area contributed by atoms with Crippen molar-refractivity contribution in [2.45, 2.75) is 0 Å². The molecule has 0 radical (unpaired) electrons. The maximum Gasteiger partial charge on any atom is 0.0709 e. The van der Waals surface area contributed by atoms with Crippen LogP contribution in [0.2, 0.25) is 0 Å². The Morgan fingerprint density at radius 3 is 1.55 bits per heavy atom. The van der Waals surface area contributed by atoms with Crippen molar-refractivity contribution in [3.05, 3.63) is 140 Å². The quantitative estimate of drug-likeness (QED) is 0.234. The van der Waals surface area contributed by atoms with Gasteiger partial charge in [0.25, 0.3) is 0 Å². The van der Waals surface area contributed by atoms with Gasteiger partial charge in [0.05, 0.1) is 5.69 Å². The molecule has 178 valence electrons. The van der Waals surface area contributed by atoms with E-state index in [0.29, 0.717) is 0 Å². The SMILES string of the molecule is c1cncc(-c2ccc(-c3c4ccccc4c(-c4ccnc(-c5ccncc5)c4)c4ccccc34)cc2)c1. The Morgan fingerprint density at radius 2 is 0.947 bits per heavy atom. The van der Waals surface area contributed by atoms with Gasteiger partial charge in [0.15, 0.2) is 0 Å². The average Bonchev–Trinajstić information content (AvgIpc) is 3.01. The van der Waals surface area contributed by atoms with Crippen molar-refractivity contribution in [2.75, 3.05) is 0 Å². The normalized spacial score (nSPS) is 11.2. The molecule has 38 heavy (non-hydrogen) atoms. The topological polar surface area (TPSA) is 38.7 Å². The maximum absolute atomic E-state index is 4.66. The molecule has 0 aliphatic carbocycles. The fraction of sp³-hybridized carbons (Fsp3) is 0. The minimum Gasteiger partial charge on any atom is -0.265 e. The second-order valence-electron chi connectivity index (χ2n) is 9.33. The van der Waals surface area contributed by atoms with Crippen molar-refractivity contribution in [3.63, 3.8) is 0 Å². The van der Waals surface area contributed by atoms with E-state index in [9.17, 15) is 0 Å². The second-order valence-corrected chi connectivity index (χ2v) is 9.33. The minimum atomic E-state index is 0.938. The molecule has 3 nitrogen and oxygen atoms in total. The van der Waals surface area contributed by atoms with Gasteiger partial charge in [-0.15, -0.1) is 0 Å². The van der Waals surface area contributed by atoms with Crippen LogP contribution in [0.3, 0.4) is 0 Å². The van der Waals surface area contributed by atoms with Crippen LogP contribution >= 0.6 is 0 Å². The average molecular weight is 486 g/mol. The predicted octanol–water partition coefficient (Wildman–Crippen LogP) is 8.85. The van der Waals surface area contributed by atoms with E-state index in [2.05, 4.69) is 106 Å². The Kier molecular flexibility index (Phi) is 5.45. The van der Waals surface area contributed by atoms with E-state index < -0.39 is 0 Å². The van der Waals surface area contributed by atoms with Crippen LogP contribution in [0.4, 0.5) is 0 Å². The highest BCUT2D eigenvalue weighted by Gasteiger charge is 2.17. The zero-order valence-corrected chi connectivity index (χ0v) is 20.6. The summed E-state index contributed by atoms with van der Waals surface area (Å²) in [6.45, 7) is 0. The first kappa shape index (κ1) is 22.1. The molecule has 0 amide bonds. The fourth-order valence-electron chi connectivity index (χ4n) is 5.38. The maximum atomic E-state index is 4.66. The van der Waals surface area contributed by atoms with Crippen LogP contribution in [0, 0.1) is 0 Å². The second kappa shape index (κ2) is 9.38. The van der Waals surface area contributed by atoms with Crippen molar-refractivity contribution in [3.8, 4) is 44.6 Å². The van der Waals surface area contributed by atoms with Crippen molar-refractivity contribution in [1.82, 2.24) is 15.0 Å². The highest BCUT2D eigenvalue weighted by Crippen LogP contribution is 2.44. The van der Waals surface area contributed by atoms with E-state index in [1.54, 1.807) is 6.20 Å². The fourth-order valence-corrected chi connectivity index (χ4v) is 5.38. The van der Waals surface area contributed by atoms with Gasteiger partial charge < -0.3 is 0 Å². The van der Waals surface area contributed by atoms with Crippen molar-refractivity contribution < 1.29 is 0 Å². The Morgan fingerprint density at radius 1 is 0.368 bits per heavy atom. The number of pyridine rings is 3. The summed E-state index contributed by atoms with van der Waals surface area (Å²) < 4.78 is 0. The molecule has 0 N–H and O–H groups in total. The van der Waals surface area contributed by atoms with Gasteiger partial charge in [0, 0.05) is 36.5 Å². The molecule has 0 aliphatic rings. The first-order valence-corrected chi connectivity index (χ1v) is 12.7. The largest absolute Gasteiger partial charge is 0.265 e. The van der Waals surface area contributed by atoms with Crippen molar-refractivity contribution in [1.29, 1.82) is 0 Å². The Balaban J connectivity index is 1.47. The summed E-state index contributed by atoms with van der Waals surface area (Å²) in [5, 5.41) is 4.92. The molecule has 3 heterocycles. The molecule has 7 aromatic rings. The summed E-state index contributed by atoms with van der Waals surface area (Å²) >= 11 is 0. The number of aromatic nitrogens is 3. The molecule has 0 unspecified atom stereocenters. The summed E-state index contributed by atoms with van der Waals surface area (Å²) in [7, 11) is 0. The molecule has 3 aromatic heterocycles. The molecule has 3 heteroatoms. The number of rotatable bonds is 4. The standard InChI is InChI=1S/C35H23N3/c1-3-9-31-29(7-1)34(26-13-11-24(12-14-26)28-6-5-18-37-23-28)30-8-2-4-10-32(30)35(31)27-17-21-38-33(22-27)25-15-19-36-20-16-25/h1-23H. The van der Waals surface area contributed by atoms with Crippen LogP contribution in [-0.2, 0) is 0 Å². The minimum absolute atomic E-state index is 0.938.